The van der Waals surface area contributed by atoms with E-state index in [0.29, 0.717) is 6.54 Å². The molecule has 6 nitrogen and oxygen atoms in total. The van der Waals surface area contributed by atoms with Crippen molar-refractivity contribution in [2.75, 3.05) is 0 Å². The van der Waals surface area contributed by atoms with E-state index in [0.717, 1.165) is 21.8 Å². The molecule has 7 heteroatoms. The van der Waals surface area contributed by atoms with Gasteiger partial charge in [0.15, 0.2) is 0 Å². The highest BCUT2D eigenvalue weighted by atomic mass is 32.1. The summed E-state index contributed by atoms with van der Waals surface area (Å²) in [6.45, 7) is 4.28. The summed E-state index contributed by atoms with van der Waals surface area (Å²) >= 11 is 1.49. The fourth-order valence-corrected chi connectivity index (χ4v) is 4.13. The first-order chi connectivity index (χ1) is 10.9. The van der Waals surface area contributed by atoms with Gasteiger partial charge < -0.3 is 10.0 Å². The third-order valence-electron chi connectivity index (χ3n) is 4.57. The lowest BCUT2D eigenvalue weighted by atomic mass is 9.99. The number of hydrogen-bond donors (Lipinski definition) is 1. The summed E-state index contributed by atoms with van der Waals surface area (Å²) in [5.41, 5.74) is 2.87. The van der Waals surface area contributed by atoms with Crippen molar-refractivity contribution in [1.82, 2.24) is 14.7 Å². The topological polar surface area (TPSA) is 75.4 Å². The average Bonchev–Trinajstić information content (AvgIpc) is 3.16. The van der Waals surface area contributed by atoms with Gasteiger partial charge in [-0.1, -0.05) is 6.07 Å². The molecular weight excluding hydrogens is 314 g/mol. The minimum atomic E-state index is -0.918. The van der Waals surface area contributed by atoms with Crippen LogP contribution in [0.5, 0.6) is 0 Å². The summed E-state index contributed by atoms with van der Waals surface area (Å²) < 4.78 is 1.79. The van der Waals surface area contributed by atoms with Gasteiger partial charge in [0, 0.05) is 36.1 Å². The lowest BCUT2D eigenvalue weighted by molar-refractivity contribution is -0.142. The molecule has 3 rings (SSSR count). The quantitative estimate of drug-likeness (QED) is 0.931. The molecule has 1 saturated heterocycles. The predicted molar refractivity (Wildman–Crippen MR) is 86.0 cm³/mol. The van der Waals surface area contributed by atoms with Crippen molar-refractivity contribution >= 4 is 23.2 Å². The molecule has 1 fully saturated rings. The number of carboxylic acid groups (broad SMARTS) is 1. The van der Waals surface area contributed by atoms with Gasteiger partial charge >= 0.3 is 5.97 Å². The Balaban J connectivity index is 1.98. The second kappa shape index (κ2) is 5.81. The highest BCUT2D eigenvalue weighted by molar-refractivity contribution is 7.10. The van der Waals surface area contributed by atoms with Crippen molar-refractivity contribution in [2.45, 2.75) is 32.9 Å². The summed E-state index contributed by atoms with van der Waals surface area (Å²) in [5, 5.41) is 15.8. The molecule has 2 aromatic rings. The zero-order valence-electron chi connectivity index (χ0n) is 13.3. The number of likely N-dealkylation sites (tertiary alicyclic amines) is 1. The zero-order valence-corrected chi connectivity index (χ0v) is 14.1. The second-order valence-corrected chi connectivity index (χ2v) is 6.88. The molecule has 0 radical (unpaired) electrons. The zero-order chi connectivity index (χ0) is 16.7. The third-order valence-corrected chi connectivity index (χ3v) is 5.51. The lowest BCUT2D eigenvalue weighted by Crippen LogP contribution is -2.30. The maximum absolute atomic E-state index is 12.5. The molecule has 2 aromatic heterocycles. The summed E-state index contributed by atoms with van der Waals surface area (Å²) in [6, 6.07) is 3.39. The molecule has 0 bridgehead atoms. The van der Waals surface area contributed by atoms with E-state index in [2.05, 4.69) is 5.10 Å². The molecule has 0 aliphatic carbocycles. The summed E-state index contributed by atoms with van der Waals surface area (Å²) in [4.78, 5) is 26.7. The lowest BCUT2D eigenvalue weighted by Gasteiger charge is -2.26. The Kier molecular flexibility index (Phi) is 3.97. The van der Waals surface area contributed by atoms with Crippen LogP contribution in [-0.2, 0) is 23.2 Å². The van der Waals surface area contributed by atoms with E-state index in [1.54, 1.807) is 9.58 Å². The maximum atomic E-state index is 12.5. The first kappa shape index (κ1) is 15.7. The number of carbonyl (C=O) groups is 2. The van der Waals surface area contributed by atoms with Gasteiger partial charge in [0.2, 0.25) is 5.91 Å². The summed E-state index contributed by atoms with van der Waals surface area (Å²) in [6.07, 6.45) is 0.0518. The van der Waals surface area contributed by atoms with Gasteiger partial charge in [-0.15, -0.1) is 11.3 Å². The van der Waals surface area contributed by atoms with Crippen LogP contribution in [0.2, 0.25) is 0 Å². The summed E-state index contributed by atoms with van der Waals surface area (Å²) in [5.74, 6) is -1.73. The SMILES string of the molecule is Cc1nn(C)c(C)c1CN1C(=O)C[C@@H](C(=O)O)[C@H]1c1cccs1. The fourth-order valence-electron chi connectivity index (χ4n) is 3.23. The van der Waals surface area contributed by atoms with Crippen LogP contribution in [0.4, 0.5) is 0 Å². The van der Waals surface area contributed by atoms with Gasteiger partial charge in [0.25, 0.3) is 0 Å². The number of carbonyl (C=O) groups excluding carboxylic acids is 1. The average molecular weight is 333 g/mol. The predicted octanol–water partition coefficient (Wildman–Crippen LogP) is 2.27. The monoisotopic (exact) mass is 333 g/mol. The summed E-state index contributed by atoms with van der Waals surface area (Å²) in [7, 11) is 1.87. The number of rotatable bonds is 4. The van der Waals surface area contributed by atoms with Crippen LogP contribution in [0.3, 0.4) is 0 Å². The van der Waals surface area contributed by atoms with E-state index in [9.17, 15) is 14.7 Å². The number of amides is 1. The Morgan fingerprint density at radius 1 is 1.48 bits per heavy atom. The van der Waals surface area contributed by atoms with Gasteiger partial charge in [-0.3, -0.25) is 14.3 Å². The normalized spacial score (nSPS) is 21.2. The van der Waals surface area contributed by atoms with E-state index in [-0.39, 0.29) is 12.3 Å². The van der Waals surface area contributed by atoms with Gasteiger partial charge in [-0.2, -0.15) is 5.10 Å². The Morgan fingerprint density at radius 3 is 2.74 bits per heavy atom. The van der Waals surface area contributed by atoms with Gasteiger partial charge in [0.1, 0.15) is 0 Å². The molecule has 0 saturated carbocycles. The Bertz CT molecular complexity index is 751. The highest BCUT2D eigenvalue weighted by Gasteiger charge is 2.45. The van der Waals surface area contributed by atoms with Crippen molar-refractivity contribution in [3.8, 4) is 0 Å². The maximum Gasteiger partial charge on any atom is 0.309 e. The Labute approximate surface area is 138 Å². The van der Waals surface area contributed by atoms with Crippen molar-refractivity contribution in [2.24, 2.45) is 13.0 Å². The van der Waals surface area contributed by atoms with E-state index in [1.807, 2.05) is 38.4 Å². The van der Waals surface area contributed by atoms with Crippen molar-refractivity contribution < 1.29 is 14.7 Å². The first-order valence-corrected chi connectivity index (χ1v) is 8.33. The third kappa shape index (κ3) is 2.65. The molecule has 1 N–H and O–H groups in total. The smallest absolute Gasteiger partial charge is 0.309 e. The molecule has 0 unspecified atom stereocenters. The van der Waals surface area contributed by atoms with Crippen LogP contribution in [0.1, 0.15) is 34.3 Å². The minimum Gasteiger partial charge on any atom is -0.481 e. The number of aromatic nitrogens is 2. The molecule has 2 atom stereocenters. The Hall–Kier alpha value is -2.15. The number of carboxylic acids is 1. The van der Waals surface area contributed by atoms with Crippen molar-refractivity contribution in [3.05, 3.63) is 39.3 Å². The van der Waals surface area contributed by atoms with Gasteiger partial charge in [-0.05, 0) is 25.3 Å². The standard InChI is InChI=1S/C16H19N3O3S/c1-9-12(10(2)18(3)17-9)8-19-14(20)7-11(16(21)22)15(19)13-5-4-6-23-13/h4-6,11,15H,7-8H2,1-3H3,(H,21,22)/t11-,15+/m1/s1. The molecule has 0 spiro atoms. The largest absolute Gasteiger partial charge is 0.481 e. The number of nitrogens with zero attached hydrogens (tertiary/aromatic N) is 3. The van der Waals surface area contributed by atoms with Crippen LogP contribution in [0.25, 0.3) is 0 Å². The first-order valence-electron chi connectivity index (χ1n) is 7.45. The van der Waals surface area contributed by atoms with Crippen LogP contribution in [0, 0.1) is 19.8 Å². The molecule has 0 aromatic carbocycles. The molecular formula is C16H19N3O3S. The van der Waals surface area contributed by atoms with Crippen molar-refractivity contribution in [3.63, 3.8) is 0 Å². The van der Waals surface area contributed by atoms with Crippen LogP contribution >= 0.6 is 11.3 Å². The number of aryl methyl sites for hydroxylation is 2. The van der Waals surface area contributed by atoms with Crippen molar-refractivity contribution in [1.29, 1.82) is 0 Å². The van der Waals surface area contributed by atoms with Crippen LogP contribution in [0.15, 0.2) is 17.5 Å². The number of hydrogen-bond acceptors (Lipinski definition) is 4. The van der Waals surface area contributed by atoms with Gasteiger partial charge in [-0.25, -0.2) is 0 Å². The van der Waals surface area contributed by atoms with Crippen LogP contribution < -0.4 is 0 Å². The minimum absolute atomic E-state index is 0.0518. The Morgan fingerprint density at radius 2 is 2.22 bits per heavy atom. The molecule has 1 aliphatic rings. The number of aliphatic carboxylic acids is 1. The molecule has 1 aliphatic heterocycles. The van der Waals surface area contributed by atoms with E-state index in [4.69, 9.17) is 0 Å². The molecule has 3 heterocycles. The van der Waals surface area contributed by atoms with Gasteiger partial charge in [0.05, 0.1) is 17.7 Å². The van der Waals surface area contributed by atoms with E-state index in [1.165, 1.54) is 11.3 Å². The van der Waals surface area contributed by atoms with E-state index >= 15 is 0 Å². The molecule has 122 valence electrons. The molecule has 1 amide bonds. The fraction of sp³-hybridized carbons (Fsp3) is 0.438. The number of thiophene rings is 1. The second-order valence-electron chi connectivity index (χ2n) is 5.90. The highest BCUT2D eigenvalue weighted by Crippen LogP contribution is 2.41. The molecule has 23 heavy (non-hydrogen) atoms. The van der Waals surface area contributed by atoms with Crippen LogP contribution in [-0.4, -0.2) is 31.7 Å². The van der Waals surface area contributed by atoms with E-state index < -0.39 is 17.9 Å².